The van der Waals surface area contributed by atoms with Gasteiger partial charge in [-0.15, -0.1) is 0 Å². The standard InChI is InChI=1S/C15H22N4O2/c1-12(20)18-14-4-2-13(3-5-14)15(21)17-8-11-19-9-6-16-7-10-19/h2-5,16H,6-11H2,1H3,(H,17,21)(H,18,20). The fraction of sp³-hybridized carbons (Fsp3) is 0.467. The topological polar surface area (TPSA) is 73.5 Å². The summed E-state index contributed by atoms with van der Waals surface area (Å²) >= 11 is 0. The van der Waals surface area contributed by atoms with Gasteiger partial charge in [-0.05, 0) is 24.3 Å². The van der Waals surface area contributed by atoms with Gasteiger partial charge in [-0.25, -0.2) is 0 Å². The zero-order valence-corrected chi connectivity index (χ0v) is 12.3. The molecule has 3 N–H and O–H groups in total. The van der Waals surface area contributed by atoms with Crippen molar-refractivity contribution in [2.24, 2.45) is 0 Å². The number of hydrogen-bond donors (Lipinski definition) is 3. The van der Waals surface area contributed by atoms with Crippen LogP contribution < -0.4 is 16.0 Å². The second-order valence-corrected chi connectivity index (χ2v) is 5.11. The first-order chi connectivity index (χ1) is 10.1. The summed E-state index contributed by atoms with van der Waals surface area (Å²) in [6, 6.07) is 6.88. The van der Waals surface area contributed by atoms with Crippen molar-refractivity contribution < 1.29 is 9.59 Å². The van der Waals surface area contributed by atoms with Crippen molar-refractivity contribution in [3.8, 4) is 0 Å². The maximum absolute atomic E-state index is 12.0. The van der Waals surface area contributed by atoms with Crippen LogP contribution in [0.1, 0.15) is 17.3 Å². The summed E-state index contributed by atoms with van der Waals surface area (Å²) in [5, 5.41) is 8.89. The molecule has 0 atom stereocenters. The summed E-state index contributed by atoms with van der Waals surface area (Å²) in [5.41, 5.74) is 1.30. The molecule has 2 amide bonds. The van der Waals surface area contributed by atoms with Crippen LogP contribution >= 0.6 is 0 Å². The molecule has 1 aromatic rings. The van der Waals surface area contributed by atoms with Crippen molar-refractivity contribution in [3.63, 3.8) is 0 Å². The molecule has 6 heteroatoms. The molecular formula is C15H22N4O2. The largest absolute Gasteiger partial charge is 0.351 e. The Labute approximate surface area is 124 Å². The number of anilines is 1. The Morgan fingerprint density at radius 1 is 1.19 bits per heavy atom. The molecule has 0 aliphatic carbocycles. The predicted molar refractivity (Wildman–Crippen MR) is 82.4 cm³/mol. The zero-order chi connectivity index (χ0) is 15.1. The van der Waals surface area contributed by atoms with Crippen LogP contribution in [0.2, 0.25) is 0 Å². The van der Waals surface area contributed by atoms with Crippen LogP contribution in [0, 0.1) is 0 Å². The summed E-state index contributed by atoms with van der Waals surface area (Å²) in [5.74, 6) is -0.206. The molecule has 1 aromatic carbocycles. The smallest absolute Gasteiger partial charge is 0.251 e. The van der Waals surface area contributed by atoms with Gasteiger partial charge in [-0.3, -0.25) is 14.5 Å². The predicted octanol–water partition coefficient (Wildman–Crippen LogP) is 0.280. The molecule has 1 heterocycles. The lowest BCUT2D eigenvalue weighted by Crippen LogP contribution is -2.46. The third-order valence-corrected chi connectivity index (χ3v) is 3.39. The Morgan fingerprint density at radius 3 is 2.48 bits per heavy atom. The number of hydrogen-bond acceptors (Lipinski definition) is 4. The van der Waals surface area contributed by atoms with Crippen LogP contribution in [0.5, 0.6) is 0 Å². The molecule has 2 rings (SSSR count). The summed E-state index contributed by atoms with van der Waals surface area (Å²) in [7, 11) is 0. The average molecular weight is 290 g/mol. The number of rotatable bonds is 5. The van der Waals surface area contributed by atoms with Gasteiger partial charge in [0, 0.05) is 57.4 Å². The lowest BCUT2D eigenvalue weighted by molar-refractivity contribution is -0.114. The Balaban J connectivity index is 1.75. The van der Waals surface area contributed by atoms with Gasteiger partial charge in [0.2, 0.25) is 5.91 Å². The highest BCUT2D eigenvalue weighted by molar-refractivity contribution is 5.95. The van der Waals surface area contributed by atoms with Crippen molar-refractivity contribution in [2.75, 3.05) is 44.6 Å². The van der Waals surface area contributed by atoms with E-state index < -0.39 is 0 Å². The van der Waals surface area contributed by atoms with Crippen LogP contribution in [0.25, 0.3) is 0 Å². The van der Waals surface area contributed by atoms with Crippen LogP contribution in [0.15, 0.2) is 24.3 Å². The van der Waals surface area contributed by atoms with Crippen molar-refractivity contribution in [1.29, 1.82) is 0 Å². The Hall–Kier alpha value is -1.92. The van der Waals surface area contributed by atoms with Crippen molar-refractivity contribution >= 4 is 17.5 Å². The maximum atomic E-state index is 12.0. The summed E-state index contributed by atoms with van der Waals surface area (Å²) in [4.78, 5) is 25.2. The van der Waals surface area contributed by atoms with E-state index in [-0.39, 0.29) is 11.8 Å². The van der Waals surface area contributed by atoms with E-state index >= 15 is 0 Å². The van der Waals surface area contributed by atoms with Gasteiger partial charge in [0.15, 0.2) is 0 Å². The second-order valence-electron chi connectivity index (χ2n) is 5.11. The van der Waals surface area contributed by atoms with E-state index in [1.165, 1.54) is 6.92 Å². The van der Waals surface area contributed by atoms with E-state index in [2.05, 4.69) is 20.9 Å². The molecule has 1 aliphatic heterocycles. The Morgan fingerprint density at radius 2 is 1.86 bits per heavy atom. The lowest BCUT2D eigenvalue weighted by Gasteiger charge is -2.27. The van der Waals surface area contributed by atoms with E-state index in [0.29, 0.717) is 17.8 Å². The van der Waals surface area contributed by atoms with Crippen LogP contribution in [0.4, 0.5) is 5.69 Å². The van der Waals surface area contributed by atoms with Gasteiger partial charge >= 0.3 is 0 Å². The van der Waals surface area contributed by atoms with Gasteiger partial charge in [0.1, 0.15) is 0 Å². The molecule has 1 aliphatic rings. The second kappa shape index (κ2) is 7.75. The minimum absolute atomic E-state index is 0.0838. The zero-order valence-electron chi connectivity index (χ0n) is 12.3. The maximum Gasteiger partial charge on any atom is 0.251 e. The number of nitrogens with one attached hydrogen (secondary N) is 3. The quantitative estimate of drug-likeness (QED) is 0.728. The molecule has 6 nitrogen and oxygen atoms in total. The monoisotopic (exact) mass is 290 g/mol. The molecule has 114 valence electrons. The van der Waals surface area contributed by atoms with E-state index in [1.54, 1.807) is 24.3 Å². The molecule has 0 aromatic heterocycles. The average Bonchev–Trinajstić information content (AvgIpc) is 2.48. The highest BCUT2D eigenvalue weighted by Crippen LogP contribution is 2.09. The molecule has 0 unspecified atom stereocenters. The third kappa shape index (κ3) is 5.17. The first kappa shape index (κ1) is 15.5. The molecule has 0 spiro atoms. The third-order valence-electron chi connectivity index (χ3n) is 3.39. The van der Waals surface area contributed by atoms with Crippen molar-refractivity contribution in [3.05, 3.63) is 29.8 Å². The van der Waals surface area contributed by atoms with Crippen LogP contribution in [-0.4, -0.2) is 56.0 Å². The number of nitrogens with zero attached hydrogens (tertiary/aromatic N) is 1. The molecule has 1 fully saturated rings. The summed E-state index contributed by atoms with van der Waals surface area (Å²) < 4.78 is 0. The minimum atomic E-state index is -0.122. The highest BCUT2D eigenvalue weighted by Gasteiger charge is 2.10. The van der Waals surface area contributed by atoms with Gasteiger partial charge in [0.25, 0.3) is 5.91 Å². The number of amides is 2. The number of carbonyl (C=O) groups excluding carboxylic acids is 2. The number of piperazine rings is 1. The first-order valence-electron chi connectivity index (χ1n) is 7.24. The Kier molecular flexibility index (Phi) is 5.71. The van der Waals surface area contributed by atoms with Crippen molar-refractivity contribution in [2.45, 2.75) is 6.92 Å². The SMILES string of the molecule is CC(=O)Nc1ccc(C(=O)NCCN2CCNCC2)cc1. The van der Waals surface area contributed by atoms with Gasteiger partial charge in [0.05, 0.1) is 0 Å². The number of carbonyl (C=O) groups is 2. The van der Waals surface area contributed by atoms with Gasteiger partial charge < -0.3 is 16.0 Å². The van der Waals surface area contributed by atoms with Crippen molar-refractivity contribution in [1.82, 2.24) is 15.5 Å². The normalized spacial score (nSPS) is 15.5. The van der Waals surface area contributed by atoms with E-state index in [4.69, 9.17) is 0 Å². The summed E-state index contributed by atoms with van der Waals surface area (Å²) in [6.45, 7) is 7.06. The van der Waals surface area contributed by atoms with Gasteiger partial charge in [-0.2, -0.15) is 0 Å². The minimum Gasteiger partial charge on any atom is -0.351 e. The first-order valence-corrected chi connectivity index (χ1v) is 7.24. The molecule has 0 radical (unpaired) electrons. The van der Waals surface area contributed by atoms with E-state index in [1.807, 2.05) is 0 Å². The molecular weight excluding hydrogens is 268 g/mol. The number of benzene rings is 1. The van der Waals surface area contributed by atoms with E-state index in [0.717, 1.165) is 32.7 Å². The molecule has 21 heavy (non-hydrogen) atoms. The van der Waals surface area contributed by atoms with Crippen LogP contribution in [0.3, 0.4) is 0 Å². The van der Waals surface area contributed by atoms with E-state index in [9.17, 15) is 9.59 Å². The van der Waals surface area contributed by atoms with Gasteiger partial charge in [-0.1, -0.05) is 0 Å². The lowest BCUT2D eigenvalue weighted by atomic mass is 10.2. The Bertz CT molecular complexity index is 481. The molecule has 0 bridgehead atoms. The van der Waals surface area contributed by atoms with Crippen LogP contribution in [-0.2, 0) is 4.79 Å². The fourth-order valence-corrected chi connectivity index (χ4v) is 2.27. The summed E-state index contributed by atoms with van der Waals surface area (Å²) in [6.07, 6.45) is 0. The fourth-order valence-electron chi connectivity index (χ4n) is 2.27. The highest BCUT2D eigenvalue weighted by atomic mass is 16.2. The molecule has 0 saturated carbocycles. The molecule has 1 saturated heterocycles.